The molecule has 1 saturated carbocycles. The number of hydrogen-bond acceptors (Lipinski definition) is 4. The smallest absolute Gasteiger partial charge is 0.0959 e. The quantitative estimate of drug-likeness (QED) is 0.861. The zero-order valence-corrected chi connectivity index (χ0v) is 12.2. The monoisotopic (exact) mass is 268 g/mol. The van der Waals surface area contributed by atoms with E-state index in [-0.39, 0.29) is 6.10 Å². The lowest BCUT2D eigenvalue weighted by Crippen LogP contribution is -2.21. The zero-order valence-electron chi connectivity index (χ0n) is 11.4. The fourth-order valence-electron chi connectivity index (χ4n) is 2.51. The summed E-state index contributed by atoms with van der Waals surface area (Å²) in [6.45, 7) is 3.74. The van der Waals surface area contributed by atoms with Gasteiger partial charge in [-0.25, -0.2) is 4.98 Å². The summed E-state index contributed by atoms with van der Waals surface area (Å²) < 4.78 is 0. The molecule has 0 aromatic carbocycles. The van der Waals surface area contributed by atoms with E-state index in [9.17, 15) is 5.11 Å². The molecule has 1 aliphatic rings. The minimum Gasteiger partial charge on any atom is -0.393 e. The third kappa shape index (κ3) is 4.04. The third-order valence-electron chi connectivity index (χ3n) is 3.63. The molecule has 1 aromatic heterocycles. The lowest BCUT2D eigenvalue weighted by atomic mass is 10.1. The summed E-state index contributed by atoms with van der Waals surface area (Å²) in [5, 5.41) is 10.6. The van der Waals surface area contributed by atoms with Gasteiger partial charge in [0.15, 0.2) is 0 Å². The lowest BCUT2D eigenvalue weighted by Gasteiger charge is -2.16. The Morgan fingerprint density at radius 2 is 2.22 bits per heavy atom. The fourth-order valence-corrected chi connectivity index (χ4v) is 3.68. The summed E-state index contributed by atoms with van der Waals surface area (Å²) in [5.74, 6) is 0.728. The topological polar surface area (TPSA) is 36.4 Å². The van der Waals surface area contributed by atoms with E-state index in [0.717, 1.165) is 25.4 Å². The van der Waals surface area contributed by atoms with Crippen LogP contribution in [0.15, 0.2) is 6.20 Å². The summed E-state index contributed by atoms with van der Waals surface area (Å²) in [7, 11) is 2.11. The second-order valence-electron chi connectivity index (χ2n) is 5.52. The van der Waals surface area contributed by atoms with Crippen LogP contribution in [0.4, 0.5) is 0 Å². The fraction of sp³-hybridized carbons (Fsp3) is 0.786. The maximum absolute atomic E-state index is 9.28. The van der Waals surface area contributed by atoms with Gasteiger partial charge in [-0.2, -0.15) is 0 Å². The SMILES string of the molecule is CC(O)CCN(C)Cc1cnc(C2CCCC2)s1. The van der Waals surface area contributed by atoms with Crippen LogP contribution in [0.2, 0.25) is 0 Å². The molecule has 18 heavy (non-hydrogen) atoms. The minimum atomic E-state index is -0.206. The number of aliphatic hydroxyl groups is 1. The molecule has 0 aliphatic heterocycles. The molecule has 102 valence electrons. The van der Waals surface area contributed by atoms with Crippen LogP contribution in [-0.2, 0) is 6.54 Å². The van der Waals surface area contributed by atoms with Crippen molar-refractivity contribution in [2.45, 2.75) is 57.6 Å². The van der Waals surface area contributed by atoms with Crippen LogP contribution in [-0.4, -0.2) is 34.7 Å². The van der Waals surface area contributed by atoms with Crippen molar-refractivity contribution in [2.75, 3.05) is 13.6 Å². The second kappa shape index (κ2) is 6.64. The molecule has 3 nitrogen and oxygen atoms in total. The van der Waals surface area contributed by atoms with E-state index in [1.165, 1.54) is 35.6 Å². The van der Waals surface area contributed by atoms with Gasteiger partial charge in [-0.3, -0.25) is 0 Å². The van der Waals surface area contributed by atoms with Crippen LogP contribution in [0.25, 0.3) is 0 Å². The molecule has 0 saturated heterocycles. The van der Waals surface area contributed by atoms with Crippen LogP contribution < -0.4 is 0 Å². The van der Waals surface area contributed by atoms with Crippen molar-refractivity contribution in [2.24, 2.45) is 0 Å². The summed E-state index contributed by atoms with van der Waals surface area (Å²) in [6.07, 6.45) is 8.06. The third-order valence-corrected chi connectivity index (χ3v) is 4.77. The first kappa shape index (κ1) is 14.0. The van der Waals surface area contributed by atoms with Crippen molar-refractivity contribution < 1.29 is 5.11 Å². The van der Waals surface area contributed by atoms with Gasteiger partial charge in [-0.05, 0) is 33.2 Å². The molecule has 1 aromatic rings. The first-order chi connectivity index (χ1) is 8.65. The molecule has 1 unspecified atom stereocenters. The van der Waals surface area contributed by atoms with Gasteiger partial charge in [-0.15, -0.1) is 11.3 Å². The van der Waals surface area contributed by atoms with Crippen LogP contribution in [0.5, 0.6) is 0 Å². The van der Waals surface area contributed by atoms with Crippen molar-refractivity contribution in [3.63, 3.8) is 0 Å². The number of hydrogen-bond donors (Lipinski definition) is 1. The van der Waals surface area contributed by atoms with Gasteiger partial charge in [0.2, 0.25) is 0 Å². The van der Waals surface area contributed by atoms with Crippen molar-refractivity contribution in [1.29, 1.82) is 0 Å². The molecule has 2 rings (SSSR count). The van der Waals surface area contributed by atoms with E-state index in [4.69, 9.17) is 0 Å². The molecule has 1 fully saturated rings. The molecule has 0 radical (unpaired) electrons. The van der Waals surface area contributed by atoms with Crippen molar-refractivity contribution in [1.82, 2.24) is 9.88 Å². The molecule has 0 amide bonds. The van der Waals surface area contributed by atoms with Crippen molar-refractivity contribution >= 4 is 11.3 Å². The van der Waals surface area contributed by atoms with Gasteiger partial charge in [0, 0.05) is 30.1 Å². The average Bonchev–Trinajstić information content (AvgIpc) is 2.95. The molecule has 0 spiro atoms. The van der Waals surface area contributed by atoms with E-state index in [1.807, 2.05) is 24.5 Å². The minimum absolute atomic E-state index is 0.206. The Morgan fingerprint density at radius 1 is 1.50 bits per heavy atom. The second-order valence-corrected chi connectivity index (χ2v) is 6.67. The Labute approximate surface area is 114 Å². The van der Waals surface area contributed by atoms with Crippen molar-refractivity contribution in [3.8, 4) is 0 Å². The maximum atomic E-state index is 9.28. The first-order valence-corrected chi connectivity index (χ1v) is 7.78. The van der Waals surface area contributed by atoms with Gasteiger partial charge in [0.05, 0.1) is 11.1 Å². The predicted molar refractivity (Wildman–Crippen MR) is 76.0 cm³/mol. The average molecular weight is 268 g/mol. The summed E-state index contributed by atoms with van der Waals surface area (Å²) >= 11 is 1.88. The summed E-state index contributed by atoms with van der Waals surface area (Å²) in [4.78, 5) is 8.20. The molecule has 1 heterocycles. The highest BCUT2D eigenvalue weighted by atomic mass is 32.1. The van der Waals surface area contributed by atoms with E-state index in [1.54, 1.807) is 0 Å². The van der Waals surface area contributed by atoms with Crippen LogP contribution in [0.3, 0.4) is 0 Å². The number of aliphatic hydroxyl groups excluding tert-OH is 1. The molecule has 1 aliphatic carbocycles. The molecule has 0 bridgehead atoms. The summed E-state index contributed by atoms with van der Waals surface area (Å²) in [6, 6.07) is 0. The Morgan fingerprint density at radius 3 is 2.89 bits per heavy atom. The van der Waals surface area contributed by atoms with E-state index in [2.05, 4.69) is 16.9 Å². The van der Waals surface area contributed by atoms with Crippen molar-refractivity contribution in [3.05, 3.63) is 16.1 Å². The standard InChI is InChI=1S/C14H24N2OS/c1-11(17)7-8-16(2)10-13-9-15-14(18-13)12-5-3-4-6-12/h9,11-12,17H,3-8,10H2,1-2H3. The number of thiazole rings is 1. The first-order valence-electron chi connectivity index (χ1n) is 6.96. The van der Waals surface area contributed by atoms with Crippen LogP contribution in [0.1, 0.15) is 54.8 Å². The lowest BCUT2D eigenvalue weighted by molar-refractivity contribution is 0.163. The molecule has 1 N–H and O–H groups in total. The largest absolute Gasteiger partial charge is 0.393 e. The number of nitrogens with zero attached hydrogens (tertiary/aromatic N) is 2. The number of rotatable bonds is 6. The number of aromatic nitrogens is 1. The molecular formula is C14H24N2OS. The van der Waals surface area contributed by atoms with Gasteiger partial charge in [-0.1, -0.05) is 12.8 Å². The van der Waals surface area contributed by atoms with Gasteiger partial charge in [0.25, 0.3) is 0 Å². The van der Waals surface area contributed by atoms with E-state index >= 15 is 0 Å². The maximum Gasteiger partial charge on any atom is 0.0959 e. The molecular weight excluding hydrogens is 244 g/mol. The van der Waals surface area contributed by atoms with Gasteiger partial charge < -0.3 is 10.0 Å². The highest BCUT2D eigenvalue weighted by Gasteiger charge is 2.20. The predicted octanol–water partition coefficient (Wildman–Crippen LogP) is 3.00. The van der Waals surface area contributed by atoms with Gasteiger partial charge in [0.1, 0.15) is 0 Å². The van der Waals surface area contributed by atoms with E-state index < -0.39 is 0 Å². The Kier molecular flexibility index (Phi) is 5.15. The highest BCUT2D eigenvalue weighted by molar-refractivity contribution is 7.11. The highest BCUT2D eigenvalue weighted by Crippen LogP contribution is 2.36. The van der Waals surface area contributed by atoms with Crippen LogP contribution >= 0.6 is 11.3 Å². The Balaban J connectivity index is 1.82. The zero-order chi connectivity index (χ0) is 13.0. The Bertz CT molecular complexity index is 358. The van der Waals surface area contributed by atoms with Gasteiger partial charge >= 0.3 is 0 Å². The molecule has 4 heteroatoms. The summed E-state index contributed by atoms with van der Waals surface area (Å²) in [5.41, 5.74) is 0. The normalized spacial score (nSPS) is 18.7. The van der Waals surface area contributed by atoms with Crippen LogP contribution in [0, 0.1) is 0 Å². The Hall–Kier alpha value is -0.450. The van der Waals surface area contributed by atoms with E-state index in [0.29, 0.717) is 0 Å². The molecule has 1 atom stereocenters.